The smallest absolute Gasteiger partial charge is 0.263 e. The van der Waals surface area contributed by atoms with Crippen LogP contribution in [0, 0.1) is 5.82 Å². The van der Waals surface area contributed by atoms with Crippen molar-refractivity contribution in [1.29, 1.82) is 0 Å². The Bertz CT molecular complexity index is 1010. The number of piperidine rings is 1. The number of para-hydroxylation sites is 2. The summed E-state index contributed by atoms with van der Waals surface area (Å²) in [5, 5.41) is 0. The summed E-state index contributed by atoms with van der Waals surface area (Å²) in [5.41, 5.74) is 0.529. The highest BCUT2D eigenvalue weighted by Gasteiger charge is 2.26. The fourth-order valence-electron chi connectivity index (χ4n) is 3.59. The molecule has 4 nitrogen and oxygen atoms in total. The number of carbonyl (C=O) groups excluding carboxylic acids is 1. The number of hydrogen-bond acceptors (Lipinski definition) is 4. The second kappa shape index (κ2) is 9.30. The van der Waals surface area contributed by atoms with Crippen LogP contribution >= 0.6 is 11.3 Å². The number of ether oxygens (including phenoxy) is 2. The van der Waals surface area contributed by atoms with E-state index in [0.717, 1.165) is 29.2 Å². The number of amides is 1. The first-order valence-electron chi connectivity index (χ1n) is 10.2. The predicted molar refractivity (Wildman–Crippen MR) is 117 cm³/mol. The molecule has 1 amide bonds. The highest BCUT2D eigenvalue weighted by molar-refractivity contribution is 7.17. The van der Waals surface area contributed by atoms with Crippen LogP contribution in [0.4, 0.5) is 4.39 Å². The van der Waals surface area contributed by atoms with Crippen molar-refractivity contribution in [1.82, 2.24) is 4.90 Å². The summed E-state index contributed by atoms with van der Waals surface area (Å²) in [5.74, 6) is 1.22. The van der Waals surface area contributed by atoms with Gasteiger partial charge in [0, 0.05) is 36.4 Å². The zero-order valence-electron chi connectivity index (χ0n) is 16.8. The average Bonchev–Trinajstić information content (AvgIpc) is 3.26. The molecule has 30 heavy (non-hydrogen) atoms. The molecule has 0 spiro atoms. The van der Waals surface area contributed by atoms with Crippen molar-refractivity contribution in [3.8, 4) is 21.9 Å². The van der Waals surface area contributed by atoms with Crippen molar-refractivity contribution in [3.05, 3.63) is 71.4 Å². The number of likely N-dealkylation sites (tertiary alicyclic amines) is 1. The lowest BCUT2D eigenvalue weighted by Gasteiger charge is -2.32. The van der Waals surface area contributed by atoms with Gasteiger partial charge in [-0.3, -0.25) is 4.79 Å². The highest BCUT2D eigenvalue weighted by atomic mass is 32.1. The van der Waals surface area contributed by atoms with E-state index in [1.54, 1.807) is 24.3 Å². The fourth-order valence-corrected chi connectivity index (χ4v) is 4.59. The Morgan fingerprint density at radius 3 is 2.47 bits per heavy atom. The fraction of sp³-hybridized carbons (Fsp3) is 0.292. The van der Waals surface area contributed by atoms with Gasteiger partial charge < -0.3 is 14.4 Å². The monoisotopic (exact) mass is 425 g/mol. The number of hydrogen-bond donors (Lipinski definition) is 0. The number of rotatable bonds is 6. The van der Waals surface area contributed by atoms with E-state index in [-0.39, 0.29) is 17.8 Å². The van der Waals surface area contributed by atoms with Crippen molar-refractivity contribution < 1.29 is 18.7 Å². The number of thiophene rings is 1. The van der Waals surface area contributed by atoms with Crippen LogP contribution in [-0.2, 0) is 0 Å². The molecule has 0 saturated carbocycles. The largest absolute Gasteiger partial charge is 0.490 e. The van der Waals surface area contributed by atoms with Gasteiger partial charge in [0.1, 0.15) is 11.9 Å². The molecule has 4 rings (SSSR count). The number of halogens is 1. The molecule has 1 saturated heterocycles. The topological polar surface area (TPSA) is 38.8 Å². The van der Waals surface area contributed by atoms with E-state index < -0.39 is 0 Å². The van der Waals surface area contributed by atoms with Crippen LogP contribution in [0.3, 0.4) is 0 Å². The molecule has 0 unspecified atom stereocenters. The summed E-state index contributed by atoms with van der Waals surface area (Å²) < 4.78 is 25.8. The summed E-state index contributed by atoms with van der Waals surface area (Å²) in [6, 6.07) is 17.9. The minimum absolute atomic E-state index is 0.00393. The third kappa shape index (κ3) is 4.49. The second-order valence-electron chi connectivity index (χ2n) is 7.13. The molecular formula is C24H24FNO3S. The third-order valence-corrected chi connectivity index (χ3v) is 6.23. The highest BCUT2D eigenvalue weighted by Crippen LogP contribution is 2.32. The van der Waals surface area contributed by atoms with E-state index in [1.807, 2.05) is 42.2 Å². The van der Waals surface area contributed by atoms with Crippen molar-refractivity contribution in [2.45, 2.75) is 25.9 Å². The number of benzene rings is 2. The standard InChI is InChI=1S/C24H24FNO3S/c1-2-28-20-9-5-6-10-21(20)29-17-13-15-26(16-14-17)24(27)23-12-11-22(30-23)18-7-3-4-8-19(18)25/h3-12,17H,2,13-16H2,1H3. The van der Waals surface area contributed by atoms with E-state index in [9.17, 15) is 9.18 Å². The average molecular weight is 426 g/mol. The Balaban J connectivity index is 1.37. The first-order valence-corrected chi connectivity index (χ1v) is 11.0. The van der Waals surface area contributed by atoms with Gasteiger partial charge in [-0.05, 0) is 37.3 Å². The van der Waals surface area contributed by atoms with Crippen LogP contribution < -0.4 is 9.47 Å². The SMILES string of the molecule is CCOc1ccccc1OC1CCN(C(=O)c2ccc(-c3ccccc3F)s2)CC1. The van der Waals surface area contributed by atoms with Gasteiger partial charge in [-0.2, -0.15) is 0 Å². The molecule has 1 aliphatic rings. The third-order valence-electron chi connectivity index (χ3n) is 5.13. The predicted octanol–water partition coefficient (Wildman–Crippen LogP) is 5.64. The first kappa shape index (κ1) is 20.4. The second-order valence-corrected chi connectivity index (χ2v) is 8.22. The molecule has 6 heteroatoms. The van der Waals surface area contributed by atoms with Crippen molar-refractivity contribution in [2.75, 3.05) is 19.7 Å². The lowest BCUT2D eigenvalue weighted by molar-refractivity contribution is 0.0593. The zero-order chi connectivity index (χ0) is 20.9. The molecule has 0 aliphatic carbocycles. The van der Waals surface area contributed by atoms with Gasteiger partial charge in [-0.25, -0.2) is 4.39 Å². The van der Waals surface area contributed by atoms with Crippen molar-refractivity contribution in [2.24, 2.45) is 0 Å². The van der Waals surface area contributed by atoms with Gasteiger partial charge in [-0.1, -0.05) is 30.3 Å². The van der Waals surface area contributed by atoms with Gasteiger partial charge in [0.2, 0.25) is 0 Å². The summed E-state index contributed by atoms with van der Waals surface area (Å²) in [4.78, 5) is 16.2. The van der Waals surface area contributed by atoms with Gasteiger partial charge in [0.15, 0.2) is 11.5 Å². The normalized spacial score (nSPS) is 14.5. The van der Waals surface area contributed by atoms with Gasteiger partial charge in [-0.15, -0.1) is 11.3 Å². The van der Waals surface area contributed by atoms with E-state index >= 15 is 0 Å². The molecule has 0 bridgehead atoms. The lowest BCUT2D eigenvalue weighted by atomic mass is 10.1. The van der Waals surface area contributed by atoms with E-state index in [0.29, 0.717) is 30.1 Å². The minimum atomic E-state index is -0.274. The van der Waals surface area contributed by atoms with Crippen LogP contribution in [0.1, 0.15) is 29.4 Å². The number of carbonyl (C=O) groups is 1. The maximum Gasteiger partial charge on any atom is 0.263 e. The molecule has 2 heterocycles. The van der Waals surface area contributed by atoms with Gasteiger partial charge in [0.25, 0.3) is 5.91 Å². The minimum Gasteiger partial charge on any atom is -0.490 e. The molecule has 2 aromatic carbocycles. The Morgan fingerprint density at radius 1 is 1.03 bits per heavy atom. The van der Waals surface area contributed by atoms with Crippen LogP contribution in [0.25, 0.3) is 10.4 Å². The zero-order valence-corrected chi connectivity index (χ0v) is 17.7. The maximum atomic E-state index is 14.0. The van der Waals surface area contributed by atoms with Crippen LogP contribution in [0.5, 0.6) is 11.5 Å². The molecule has 0 radical (unpaired) electrons. The number of nitrogens with zero attached hydrogens (tertiary/aromatic N) is 1. The quantitative estimate of drug-likeness (QED) is 0.513. The van der Waals surface area contributed by atoms with Crippen LogP contribution in [-0.4, -0.2) is 36.6 Å². The molecule has 0 atom stereocenters. The Labute approximate surface area is 179 Å². The Kier molecular flexibility index (Phi) is 6.33. The maximum absolute atomic E-state index is 14.0. The molecule has 1 fully saturated rings. The molecule has 156 valence electrons. The molecule has 3 aromatic rings. The van der Waals surface area contributed by atoms with Crippen LogP contribution in [0.2, 0.25) is 0 Å². The van der Waals surface area contributed by atoms with E-state index in [4.69, 9.17) is 9.47 Å². The van der Waals surface area contributed by atoms with Gasteiger partial charge in [0.05, 0.1) is 11.5 Å². The van der Waals surface area contributed by atoms with Crippen molar-refractivity contribution >= 4 is 17.2 Å². The summed E-state index contributed by atoms with van der Waals surface area (Å²) in [7, 11) is 0. The Hall–Kier alpha value is -2.86. The molecule has 1 aliphatic heterocycles. The Morgan fingerprint density at radius 2 is 1.73 bits per heavy atom. The lowest BCUT2D eigenvalue weighted by Crippen LogP contribution is -2.41. The molecule has 0 N–H and O–H groups in total. The molecule has 1 aromatic heterocycles. The summed E-state index contributed by atoms with van der Waals surface area (Å²) in [6.07, 6.45) is 1.57. The van der Waals surface area contributed by atoms with Crippen molar-refractivity contribution in [3.63, 3.8) is 0 Å². The molecular weight excluding hydrogens is 401 g/mol. The van der Waals surface area contributed by atoms with Gasteiger partial charge >= 0.3 is 0 Å². The van der Waals surface area contributed by atoms with E-state index in [1.165, 1.54) is 17.4 Å². The summed E-state index contributed by atoms with van der Waals surface area (Å²) >= 11 is 1.33. The summed E-state index contributed by atoms with van der Waals surface area (Å²) in [6.45, 7) is 3.80. The van der Waals surface area contributed by atoms with E-state index in [2.05, 4.69) is 0 Å². The first-order chi connectivity index (χ1) is 14.7. The van der Waals surface area contributed by atoms with Crippen LogP contribution in [0.15, 0.2) is 60.7 Å².